The second-order valence-electron chi connectivity index (χ2n) is 5.04. The Morgan fingerprint density at radius 1 is 1.58 bits per heavy atom. The van der Waals surface area contributed by atoms with Crippen molar-refractivity contribution in [3.05, 3.63) is 12.7 Å². The van der Waals surface area contributed by atoms with E-state index in [9.17, 15) is 5.11 Å². The average molecular weight is 168 g/mol. The van der Waals surface area contributed by atoms with E-state index in [-0.39, 0.29) is 0 Å². The highest BCUT2D eigenvalue weighted by Crippen LogP contribution is 2.48. The number of rotatable bonds is 2. The zero-order valence-corrected chi connectivity index (χ0v) is 8.43. The van der Waals surface area contributed by atoms with Crippen molar-refractivity contribution in [1.82, 2.24) is 0 Å². The molecular weight excluding hydrogens is 148 g/mol. The molecule has 1 nitrogen and oxygen atoms in total. The summed E-state index contributed by atoms with van der Waals surface area (Å²) >= 11 is 0. The first-order valence-corrected chi connectivity index (χ1v) is 4.73. The van der Waals surface area contributed by atoms with E-state index >= 15 is 0 Å². The van der Waals surface area contributed by atoms with Crippen molar-refractivity contribution in [3.63, 3.8) is 0 Å². The van der Waals surface area contributed by atoms with E-state index in [1.807, 2.05) is 6.08 Å². The molecule has 1 aliphatic carbocycles. The fraction of sp³-hybridized carbons (Fsp3) is 0.818. The van der Waals surface area contributed by atoms with Gasteiger partial charge in [0, 0.05) is 0 Å². The van der Waals surface area contributed by atoms with Crippen LogP contribution in [0.2, 0.25) is 0 Å². The summed E-state index contributed by atoms with van der Waals surface area (Å²) in [5.74, 6) is 0.408. The Labute approximate surface area is 75.5 Å². The van der Waals surface area contributed by atoms with Crippen LogP contribution in [0.4, 0.5) is 0 Å². The zero-order valence-electron chi connectivity index (χ0n) is 8.43. The van der Waals surface area contributed by atoms with E-state index in [0.717, 1.165) is 19.3 Å². The van der Waals surface area contributed by atoms with E-state index in [1.165, 1.54) is 0 Å². The van der Waals surface area contributed by atoms with Crippen LogP contribution in [0.15, 0.2) is 12.7 Å². The minimum atomic E-state index is -0.481. The molecule has 12 heavy (non-hydrogen) atoms. The third-order valence-electron chi connectivity index (χ3n) is 3.06. The Bertz CT molecular complexity index is 183. The van der Waals surface area contributed by atoms with Crippen molar-refractivity contribution >= 4 is 0 Å². The van der Waals surface area contributed by atoms with Crippen LogP contribution in [-0.2, 0) is 0 Å². The van der Waals surface area contributed by atoms with Crippen LogP contribution in [-0.4, -0.2) is 10.7 Å². The summed E-state index contributed by atoms with van der Waals surface area (Å²) in [7, 11) is 0. The molecular formula is C11H20O. The molecule has 0 aliphatic heterocycles. The predicted octanol–water partition coefficient (Wildman–Crippen LogP) is 2.75. The normalized spacial score (nSPS) is 39.8. The van der Waals surface area contributed by atoms with Crippen LogP contribution < -0.4 is 0 Å². The highest BCUT2D eigenvalue weighted by molar-refractivity contribution is 5.01. The molecule has 1 rings (SSSR count). The Morgan fingerprint density at radius 3 is 2.50 bits per heavy atom. The molecule has 0 heterocycles. The first-order valence-electron chi connectivity index (χ1n) is 4.73. The van der Waals surface area contributed by atoms with Crippen molar-refractivity contribution in [1.29, 1.82) is 0 Å². The van der Waals surface area contributed by atoms with Crippen LogP contribution in [0.5, 0.6) is 0 Å². The third-order valence-corrected chi connectivity index (χ3v) is 3.06. The van der Waals surface area contributed by atoms with E-state index < -0.39 is 5.60 Å². The fourth-order valence-electron chi connectivity index (χ4n) is 2.62. The summed E-state index contributed by atoms with van der Waals surface area (Å²) in [4.78, 5) is 0. The van der Waals surface area contributed by atoms with Gasteiger partial charge in [-0.15, -0.1) is 6.58 Å². The third kappa shape index (κ3) is 1.71. The van der Waals surface area contributed by atoms with Gasteiger partial charge in [0.2, 0.25) is 0 Å². The number of aliphatic hydroxyl groups is 1. The van der Waals surface area contributed by atoms with Crippen LogP contribution >= 0.6 is 0 Å². The Balaban J connectivity index is 2.73. The molecule has 0 aromatic rings. The summed E-state index contributed by atoms with van der Waals surface area (Å²) in [6, 6.07) is 0. The first kappa shape index (κ1) is 9.79. The van der Waals surface area contributed by atoms with E-state index in [4.69, 9.17) is 0 Å². The van der Waals surface area contributed by atoms with Gasteiger partial charge >= 0.3 is 0 Å². The molecule has 0 aromatic carbocycles. The fourth-order valence-corrected chi connectivity index (χ4v) is 2.62. The lowest BCUT2D eigenvalue weighted by Gasteiger charge is -2.26. The molecule has 0 radical (unpaired) electrons. The van der Waals surface area contributed by atoms with Gasteiger partial charge in [-0.3, -0.25) is 0 Å². The van der Waals surface area contributed by atoms with Gasteiger partial charge in [-0.05, 0) is 30.6 Å². The van der Waals surface area contributed by atoms with Crippen LogP contribution in [0, 0.1) is 11.3 Å². The molecule has 0 spiro atoms. The summed E-state index contributed by atoms with van der Waals surface area (Å²) < 4.78 is 0. The molecule has 2 atom stereocenters. The van der Waals surface area contributed by atoms with Gasteiger partial charge in [0.1, 0.15) is 0 Å². The smallest absolute Gasteiger partial charge is 0.0712 e. The summed E-state index contributed by atoms with van der Waals surface area (Å²) in [6.45, 7) is 10.3. The molecule has 1 fully saturated rings. The minimum Gasteiger partial charge on any atom is -0.389 e. The Kier molecular flexibility index (Phi) is 2.35. The highest BCUT2D eigenvalue weighted by Gasteiger charge is 2.46. The molecule has 0 saturated heterocycles. The van der Waals surface area contributed by atoms with E-state index in [0.29, 0.717) is 11.3 Å². The SMILES string of the molecule is C=CCC1(O)CC(C)(C)CC1C. The molecule has 1 N–H and O–H groups in total. The van der Waals surface area contributed by atoms with Crippen LogP contribution in [0.3, 0.4) is 0 Å². The lowest BCUT2D eigenvalue weighted by molar-refractivity contribution is 0.00708. The monoisotopic (exact) mass is 168 g/mol. The molecule has 70 valence electrons. The standard InChI is InChI=1S/C11H20O/c1-5-6-11(12)8-10(3,4)7-9(11)2/h5,9,12H,1,6-8H2,2-4H3. The van der Waals surface area contributed by atoms with Gasteiger partial charge in [-0.25, -0.2) is 0 Å². The van der Waals surface area contributed by atoms with E-state index in [2.05, 4.69) is 27.4 Å². The van der Waals surface area contributed by atoms with Gasteiger partial charge in [-0.1, -0.05) is 26.8 Å². The van der Waals surface area contributed by atoms with Crippen molar-refractivity contribution in [2.24, 2.45) is 11.3 Å². The molecule has 1 heteroatoms. The summed E-state index contributed by atoms with van der Waals surface area (Å²) in [5.41, 5.74) is -0.178. The zero-order chi connectivity index (χ0) is 9.41. The second kappa shape index (κ2) is 2.88. The first-order chi connectivity index (χ1) is 5.40. The van der Waals surface area contributed by atoms with Crippen LogP contribution in [0.1, 0.15) is 40.0 Å². The molecule has 1 aliphatic rings. The van der Waals surface area contributed by atoms with Crippen molar-refractivity contribution in [3.8, 4) is 0 Å². The van der Waals surface area contributed by atoms with Gasteiger partial charge in [0.25, 0.3) is 0 Å². The quantitative estimate of drug-likeness (QED) is 0.629. The van der Waals surface area contributed by atoms with E-state index in [1.54, 1.807) is 0 Å². The number of hydrogen-bond donors (Lipinski definition) is 1. The van der Waals surface area contributed by atoms with Crippen molar-refractivity contribution in [2.75, 3.05) is 0 Å². The molecule has 0 aromatic heterocycles. The minimum absolute atomic E-state index is 0.303. The average Bonchev–Trinajstić information content (AvgIpc) is 2.02. The topological polar surface area (TPSA) is 20.2 Å². The van der Waals surface area contributed by atoms with Gasteiger partial charge < -0.3 is 5.11 Å². The van der Waals surface area contributed by atoms with Crippen molar-refractivity contribution < 1.29 is 5.11 Å². The highest BCUT2D eigenvalue weighted by atomic mass is 16.3. The van der Waals surface area contributed by atoms with Crippen molar-refractivity contribution in [2.45, 2.75) is 45.6 Å². The molecule has 0 bridgehead atoms. The maximum atomic E-state index is 10.2. The molecule has 2 unspecified atom stereocenters. The largest absolute Gasteiger partial charge is 0.389 e. The maximum absolute atomic E-state index is 10.2. The number of hydrogen-bond acceptors (Lipinski definition) is 1. The van der Waals surface area contributed by atoms with Gasteiger partial charge in [-0.2, -0.15) is 0 Å². The molecule has 0 amide bonds. The second-order valence-corrected chi connectivity index (χ2v) is 5.04. The van der Waals surface area contributed by atoms with Crippen LogP contribution in [0.25, 0.3) is 0 Å². The summed E-state index contributed by atoms with van der Waals surface area (Å²) in [5, 5.41) is 10.2. The maximum Gasteiger partial charge on any atom is 0.0712 e. The predicted molar refractivity (Wildman–Crippen MR) is 51.9 cm³/mol. The molecule has 1 saturated carbocycles. The lowest BCUT2D eigenvalue weighted by Crippen LogP contribution is -2.31. The summed E-state index contributed by atoms with van der Waals surface area (Å²) in [6.07, 6.45) is 4.60. The van der Waals surface area contributed by atoms with Gasteiger partial charge in [0.15, 0.2) is 0 Å². The Hall–Kier alpha value is -0.300. The van der Waals surface area contributed by atoms with Gasteiger partial charge in [0.05, 0.1) is 5.60 Å². The lowest BCUT2D eigenvalue weighted by atomic mass is 9.87. The Morgan fingerprint density at radius 2 is 2.17 bits per heavy atom.